The lowest BCUT2D eigenvalue weighted by molar-refractivity contribution is 0.660. The van der Waals surface area contributed by atoms with Gasteiger partial charge in [-0.1, -0.05) is 196 Å². The molecule has 1 heterocycles. The zero-order valence-corrected chi connectivity index (χ0v) is 34.5. The predicted molar refractivity (Wildman–Crippen MR) is 258 cm³/mol. The lowest BCUT2D eigenvalue weighted by Crippen LogP contribution is -2.16. The molecule has 2 aliphatic carbocycles. The predicted octanol–water partition coefficient (Wildman–Crippen LogP) is 15.7. The molecule has 0 atom stereocenters. The van der Waals surface area contributed by atoms with Crippen LogP contribution in [0.3, 0.4) is 0 Å². The summed E-state index contributed by atoms with van der Waals surface area (Å²) >= 11 is 0. The molecule has 0 radical (unpaired) electrons. The number of anilines is 3. The van der Waals surface area contributed by atoms with Crippen LogP contribution in [-0.2, 0) is 5.41 Å². The largest absolute Gasteiger partial charge is 0.310 e. The van der Waals surface area contributed by atoms with E-state index in [0.717, 1.165) is 56.4 Å². The van der Waals surface area contributed by atoms with Crippen molar-refractivity contribution in [1.82, 2.24) is 9.97 Å². The summed E-state index contributed by atoms with van der Waals surface area (Å²) in [6.07, 6.45) is 0. The highest BCUT2D eigenvalue weighted by atomic mass is 15.1. The van der Waals surface area contributed by atoms with Crippen molar-refractivity contribution in [2.24, 2.45) is 0 Å². The van der Waals surface area contributed by atoms with E-state index in [0.29, 0.717) is 0 Å². The van der Waals surface area contributed by atoms with E-state index >= 15 is 0 Å². The number of rotatable bonds is 7. The summed E-state index contributed by atoms with van der Waals surface area (Å²) in [4.78, 5) is 13.0. The van der Waals surface area contributed by atoms with Gasteiger partial charge in [-0.15, -0.1) is 0 Å². The van der Waals surface area contributed by atoms with E-state index in [1.54, 1.807) is 0 Å². The van der Waals surface area contributed by atoms with E-state index in [1.165, 1.54) is 61.0 Å². The molecule has 0 saturated carbocycles. The molecule has 12 rings (SSSR count). The van der Waals surface area contributed by atoms with Crippen molar-refractivity contribution in [2.45, 2.75) is 19.3 Å². The number of nitrogens with zero attached hydrogens (tertiary/aromatic N) is 3. The Bertz CT molecular complexity index is 3340. The molecule has 1 aromatic heterocycles. The maximum atomic E-state index is 5.29. The quantitative estimate of drug-likeness (QED) is 0.161. The molecular formula is C59H41N3. The summed E-state index contributed by atoms with van der Waals surface area (Å²) in [7, 11) is 0. The molecular weight excluding hydrogens is 751 g/mol. The Balaban J connectivity index is 0.996. The van der Waals surface area contributed by atoms with Crippen LogP contribution in [0, 0.1) is 0 Å². The maximum Gasteiger partial charge on any atom is 0.160 e. The van der Waals surface area contributed by atoms with Gasteiger partial charge in [-0.25, -0.2) is 9.97 Å². The average molecular weight is 792 g/mol. The lowest BCUT2D eigenvalue weighted by atomic mass is 9.82. The fraction of sp³-hybridized carbons (Fsp3) is 0.0508. The number of benzene rings is 9. The maximum absolute atomic E-state index is 5.29. The van der Waals surface area contributed by atoms with E-state index in [4.69, 9.17) is 9.97 Å². The van der Waals surface area contributed by atoms with Gasteiger partial charge in [0.1, 0.15) is 0 Å². The minimum absolute atomic E-state index is 0.110. The normalized spacial score (nSPS) is 12.8. The van der Waals surface area contributed by atoms with Gasteiger partial charge in [0.25, 0.3) is 0 Å². The monoisotopic (exact) mass is 791 g/mol. The Morgan fingerprint density at radius 2 is 0.887 bits per heavy atom. The molecule has 3 nitrogen and oxygen atoms in total. The van der Waals surface area contributed by atoms with Crippen LogP contribution in [0.1, 0.15) is 25.0 Å². The molecule has 0 fully saturated rings. The molecule has 0 aliphatic heterocycles. The first-order valence-electron chi connectivity index (χ1n) is 21.4. The lowest BCUT2D eigenvalue weighted by Gasteiger charge is -2.29. The van der Waals surface area contributed by atoms with Gasteiger partial charge in [0, 0.05) is 44.6 Å². The number of hydrogen-bond acceptors (Lipinski definition) is 3. The van der Waals surface area contributed by atoms with Crippen LogP contribution >= 0.6 is 0 Å². The third kappa shape index (κ3) is 5.59. The molecule has 10 aromatic rings. The highest BCUT2D eigenvalue weighted by molar-refractivity contribution is 6.20. The van der Waals surface area contributed by atoms with Gasteiger partial charge in [-0.2, -0.15) is 0 Å². The van der Waals surface area contributed by atoms with E-state index < -0.39 is 0 Å². The average Bonchev–Trinajstić information content (AvgIpc) is 3.79. The van der Waals surface area contributed by atoms with Crippen molar-refractivity contribution in [3.8, 4) is 78.4 Å². The summed E-state index contributed by atoms with van der Waals surface area (Å²) in [5.41, 5.74) is 20.8. The Morgan fingerprint density at radius 3 is 1.60 bits per heavy atom. The molecule has 62 heavy (non-hydrogen) atoms. The topological polar surface area (TPSA) is 29.0 Å². The van der Waals surface area contributed by atoms with Crippen molar-refractivity contribution in [2.75, 3.05) is 4.90 Å². The second-order valence-electron chi connectivity index (χ2n) is 16.9. The third-order valence-electron chi connectivity index (χ3n) is 13.0. The van der Waals surface area contributed by atoms with Gasteiger partial charge in [0.2, 0.25) is 0 Å². The molecule has 3 heteroatoms. The minimum atomic E-state index is -0.110. The van der Waals surface area contributed by atoms with Crippen LogP contribution in [0.2, 0.25) is 0 Å². The number of aromatic nitrogens is 2. The summed E-state index contributed by atoms with van der Waals surface area (Å²) in [5.74, 6) is 0.735. The van der Waals surface area contributed by atoms with Crippen LogP contribution < -0.4 is 4.90 Å². The Morgan fingerprint density at radius 1 is 0.355 bits per heavy atom. The first-order chi connectivity index (χ1) is 30.5. The van der Waals surface area contributed by atoms with Crippen molar-refractivity contribution < 1.29 is 0 Å². The molecule has 9 aromatic carbocycles. The fourth-order valence-electron chi connectivity index (χ4n) is 10.1. The molecule has 0 N–H and O–H groups in total. The SMILES string of the molecule is CC1(C)c2ccccc2-c2c(N(c3ccc(-c4ccccc4)cc3)c3ccc(-c4ccc5c6c(cccc46)-c4c(-c6ccccc6)nc(-c6ccccc6)nc4-5)cc3)cccc21. The van der Waals surface area contributed by atoms with Crippen LogP contribution in [0.5, 0.6) is 0 Å². The van der Waals surface area contributed by atoms with Crippen molar-refractivity contribution in [1.29, 1.82) is 0 Å². The highest BCUT2D eigenvalue weighted by Crippen LogP contribution is 2.55. The van der Waals surface area contributed by atoms with E-state index in [9.17, 15) is 0 Å². The molecule has 0 bridgehead atoms. The molecule has 0 saturated heterocycles. The molecule has 2 aliphatic rings. The van der Waals surface area contributed by atoms with Gasteiger partial charge >= 0.3 is 0 Å². The minimum Gasteiger partial charge on any atom is -0.310 e. The molecule has 0 unspecified atom stereocenters. The van der Waals surface area contributed by atoms with Gasteiger partial charge in [-0.3, -0.25) is 0 Å². The Labute approximate surface area is 362 Å². The highest BCUT2D eigenvalue weighted by Gasteiger charge is 2.38. The Kier molecular flexibility index (Phi) is 8.20. The molecule has 0 spiro atoms. The summed E-state index contributed by atoms with van der Waals surface area (Å²) < 4.78 is 0. The zero-order chi connectivity index (χ0) is 41.4. The van der Waals surface area contributed by atoms with E-state index in [1.807, 2.05) is 18.2 Å². The number of hydrogen-bond donors (Lipinski definition) is 0. The first-order valence-corrected chi connectivity index (χ1v) is 21.4. The van der Waals surface area contributed by atoms with Crippen LogP contribution in [-0.4, -0.2) is 9.97 Å². The number of fused-ring (bicyclic) bond motifs is 6. The second-order valence-corrected chi connectivity index (χ2v) is 16.9. The van der Waals surface area contributed by atoms with E-state index in [2.05, 4.69) is 213 Å². The first kappa shape index (κ1) is 36.0. The molecule has 0 amide bonds. The zero-order valence-electron chi connectivity index (χ0n) is 34.5. The van der Waals surface area contributed by atoms with Crippen molar-refractivity contribution in [3.63, 3.8) is 0 Å². The summed E-state index contributed by atoms with van der Waals surface area (Å²) in [6, 6.07) is 76.6. The second kappa shape index (κ2) is 14.1. The van der Waals surface area contributed by atoms with Gasteiger partial charge in [0.05, 0.1) is 17.1 Å². The van der Waals surface area contributed by atoms with Crippen LogP contribution in [0.25, 0.3) is 89.2 Å². The van der Waals surface area contributed by atoms with Gasteiger partial charge in [0.15, 0.2) is 5.82 Å². The van der Waals surface area contributed by atoms with Crippen molar-refractivity contribution >= 4 is 27.8 Å². The van der Waals surface area contributed by atoms with Crippen LogP contribution in [0.15, 0.2) is 212 Å². The fourth-order valence-corrected chi connectivity index (χ4v) is 10.1. The van der Waals surface area contributed by atoms with Gasteiger partial charge < -0.3 is 4.90 Å². The third-order valence-corrected chi connectivity index (χ3v) is 13.0. The summed E-state index contributed by atoms with van der Waals surface area (Å²) in [6.45, 7) is 4.70. The van der Waals surface area contributed by atoms with Crippen molar-refractivity contribution in [3.05, 3.63) is 223 Å². The summed E-state index contributed by atoms with van der Waals surface area (Å²) in [5, 5.41) is 2.43. The standard InChI is InChI=1S/C59H41N3/c1-59(2)50-25-13-12-22-47(50)54-51(59)26-15-27-52(54)62(43-32-28-39(29-33-43)38-16-6-3-7-17-38)44-34-30-40(31-35-44)45-36-37-49-53-46(45)23-14-24-48(53)55-56(41-18-8-4-9-19-41)60-58(61-57(49)55)42-20-10-5-11-21-42/h3-37H,1-2H3. The van der Waals surface area contributed by atoms with E-state index in [-0.39, 0.29) is 5.41 Å². The van der Waals surface area contributed by atoms with Crippen LogP contribution in [0.4, 0.5) is 17.1 Å². The Hall–Kier alpha value is -7.88. The molecule has 292 valence electrons. The van der Waals surface area contributed by atoms with Gasteiger partial charge in [-0.05, 0) is 85.6 Å². The smallest absolute Gasteiger partial charge is 0.160 e.